The van der Waals surface area contributed by atoms with Crippen molar-refractivity contribution in [2.75, 3.05) is 13.7 Å². The van der Waals surface area contributed by atoms with Gasteiger partial charge in [0.15, 0.2) is 0 Å². The molecule has 0 saturated heterocycles. The van der Waals surface area contributed by atoms with Crippen LogP contribution in [0.2, 0.25) is 5.02 Å². The molecule has 2 nitrogen and oxygen atoms in total. The highest BCUT2D eigenvalue weighted by molar-refractivity contribution is 6.30. The van der Waals surface area contributed by atoms with Crippen LogP contribution in [-0.4, -0.2) is 19.7 Å². The summed E-state index contributed by atoms with van der Waals surface area (Å²) in [6.07, 6.45) is 6.74. The summed E-state index contributed by atoms with van der Waals surface area (Å²) in [5.74, 6) is 2.55. The number of hydrogen-bond donors (Lipinski definition) is 1. The minimum absolute atomic E-state index is 0.444. The van der Waals surface area contributed by atoms with Crippen molar-refractivity contribution in [2.45, 2.75) is 45.1 Å². The van der Waals surface area contributed by atoms with E-state index in [-0.39, 0.29) is 0 Å². The zero-order chi connectivity index (χ0) is 14.4. The van der Waals surface area contributed by atoms with E-state index in [2.05, 4.69) is 12.2 Å². The molecule has 0 heterocycles. The van der Waals surface area contributed by atoms with Gasteiger partial charge in [0.05, 0.1) is 0 Å². The molecule has 1 fully saturated rings. The van der Waals surface area contributed by atoms with E-state index in [1.165, 1.54) is 32.1 Å². The lowest BCUT2D eigenvalue weighted by molar-refractivity contribution is 0.163. The molecule has 2 rings (SSSR count). The first kappa shape index (κ1) is 15.7. The molecular formula is C17H26ClNO. The molecular weight excluding hydrogens is 270 g/mol. The van der Waals surface area contributed by atoms with Gasteiger partial charge in [-0.25, -0.2) is 0 Å². The van der Waals surface area contributed by atoms with Gasteiger partial charge >= 0.3 is 0 Å². The van der Waals surface area contributed by atoms with E-state index in [9.17, 15) is 0 Å². The van der Waals surface area contributed by atoms with Crippen molar-refractivity contribution in [1.29, 1.82) is 0 Å². The third-order valence-electron chi connectivity index (χ3n) is 4.58. The number of rotatable bonds is 6. The third-order valence-corrected chi connectivity index (χ3v) is 4.84. The molecule has 0 spiro atoms. The van der Waals surface area contributed by atoms with Crippen molar-refractivity contribution in [2.24, 2.45) is 11.8 Å². The van der Waals surface area contributed by atoms with Gasteiger partial charge in [-0.1, -0.05) is 37.8 Å². The van der Waals surface area contributed by atoms with Crippen molar-refractivity contribution < 1.29 is 4.74 Å². The summed E-state index contributed by atoms with van der Waals surface area (Å²) >= 11 is 5.89. The summed E-state index contributed by atoms with van der Waals surface area (Å²) < 4.78 is 5.91. The number of benzene rings is 1. The summed E-state index contributed by atoms with van der Waals surface area (Å²) in [4.78, 5) is 0. The van der Waals surface area contributed by atoms with E-state index >= 15 is 0 Å². The van der Waals surface area contributed by atoms with Crippen molar-refractivity contribution in [3.63, 3.8) is 0 Å². The number of hydrogen-bond acceptors (Lipinski definition) is 2. The van der Waals surface area contributed by atoms with E-state index in [1.54, 1.807) is 0 Å². The van der Waals surface area contributed by atoms with Crippen LogP contribution >= 0.6 is 11.6 Å². The summed E-state index contributed by atoms with van der Waals surface area (Å²) in [5, 5.41) is 4.20. The van der Waals surface area contributed by atoms with Crippen LogP contribution < -0.4 is 10.1 Å². The number of halogens is 1. The second kappa shape index (κ2) is 7.90. The number of ether oxygens (including phenoxy) is 1. The fourth-order valence-electron chi connectivity index (χ4n) is 3.24. The Balaban J connectivity index is 1.86. The Morgan fingerprint density at radius 1 is 1.30 bits per heavy atom. The summed E-state index contributed by atoms with van der Waals surface area (Å²) in [7, 11) is 2.05. The molecule has 3 unspecified atom stereocenters. The van der Waals surface area contributed by atoms with Crippen LogP contribution in [0.3, 0.4) is 0 Å². The molecule has 20 heavy (non-hydrogen) atoms. The smallest absolute Gasteiger partial charge is 0.119 e. The van der Waals surface area contributed by atoms with Crippen molar-refractivity contribution in [3.8, 4) is 5.75 Å². The van der Waals surface area contributed by atoms with Crippen LogP contribution in [0.25, 0.3) is 0 Å². The van der Waals surface area contributed by atoms with Gasteiger partial charge in [0.2, 0.25) is 0 Å². The van der Waals surface area contributed by atoms with Crippen LogP contribution in [0.5, 0.6) is 5.75 Å². The Kier molecular flexibility index (Phi) is 6.18. The molecule has 1 aliphatic rings. The zero-order valence-electron chi connectivity index (χ0n) is 12.6. The summed E-state index contributed by atoms with van der Waals surface area (Å²) in [5.41, 5.74) is 0. The van der Waals surface area contributed by atoms with Crippen LogP contribution in [0.1, 0.15) is 39.0 Å². The fourth-order valence-corrected chi connectivity index (χ4v) is 3.37. The van der Waals surface area contributed by atoms with Crippen LogP contribution in [0.4, 0.5) is 0 Å². The van der Waals surface area contributed by atoms with E-state index in [1.807, 2.05) is 31.3 Å². The number of nitrogens with one attached hydrogen (secondary N) is 1. The predicted octanol–water partition coefficient (Wildman–Crippen LogP) is 4.52. The lowest BCUT2D eigenvalue weighted by atomic mass is 9.77. The van der Waals surface area contributed by atoms with E-state index in [4.69, 9.17) is 16.3 Å². The molecule has 0 amide bonds. The lowest BCUT2D eigenvalue weighted by Crippen LogP contribution is -2.41. The minimum Gasteiger partial charge on any atom is -0.492 e. The molecule has 0 radical (unpaired) electrons. The fraction of sp³-hybridized carbons (Fsp3) is 0.647. The zero-order valence-corrected chi connectivity index (χ0v) is 13.3. The second-order valence-electron chi connectivity index (χ2n) is 5.86. The molecule has 1 saturated carbocycles. The lowest BCUT2D eigenvalue weighted by Gasteiger charge is -2.34. The minimum atomic E-state index is 0.444. The molecule has 3 heteroatoms. The van der Waals surface area contributed by atoms with E-state index in [0.717, 1.165) is 29.2 Å². The van der Waals surface area contributed by atoms with Crippen LogP contribution in [-0.2, 0) is 0 Å². The molecule has 0 aromatic heterocycles. The Morgan fingerprint density at radius 2 is 2.05 bits per heavy atom. The Morgan fingerprint density at radius 3 is 2.70 bits per heavy atom. The molecule has 0 bridgehead atoms. The van der Waals surface area contributed by atoms with Gasteiger partial charge in [0, 0.05) is 11.1 Å². The highest BCUT2D eigenvalue weighted by Gasteiger charge is 2.27. The predicted molar refractivity (Wildman–Crippen MR) is 85.5 cm³/mol. The standard InChI is InChI=1S/C17H26ClNO/c1-3-13-5-4-6-14(11-13)17(19-2)12-20-16-9-7-15(18)8-10-16/h7-10,13-14,17,19H,3-6,11-12H2,1-2H3. The third kappa shape index (κ3) is 4.39. The Bertz CT molecular complexity index is 392. The molecule has 1 N–H and O–H groups in total. The maximum Gasteiger partial charge on any atom is 0.119 e. The van der Waals surface area contributed by atoms with Crippen LogP contribution in [0, 0.1) is 11.8 Å². The van der Waals surface area contributed by atoms with Gasteiger partial charge in [0.1, 0.15) is 12.4 Å². The van der Waals surface area contributed by atoms with Gasteiger partial charge in [-0.15, -0.1) is 0 Å². The first-order valence-corrected chi connectivity index (χ1v) is 8.16. The Hall–Kier alpha value is -0.730. The van der Waals surface area contributed by atoms with Gasteiger partial charge in [0.25, 0.3) is 0 Å². The summed E-state index contributed by atoms with van der Waals surface area (Å²) in [6, 6.07) is 8.06. The molecule has 112 valence electrons. The molecule has 1 aromatic carbocycles. The summed E-state index contributed by atoms with van der Waals surface area (Å²) in [6.45, 7) is 3.05. The first-order valence-electron chi connectivity index (χ1n) is 7.78. The monoisotopic (exact) mass is 295 g/mol. The Labute approximate surface area is 127 Å². The van der Waals surface area contributed by atoms with E-state index in [0.29, 0.717) is 6.04 Å². The molecule has 1 aliphatic carbocycles. The average molecular weight is 296 g/mol. The van der Waals surface area contributed by atoms with Gasteiger partial charge in [-0.05, 0) is 56.0 Å². The van der Waals surface area contributed by atoms with Crippen molar-refractivity contribution >= 4 is 11.6 Å². The maximum atomic E-state index is 5.91. The highest BCUT2D eigenvalue weighted by Crippen LogP contribution is 2.33. The highest BCUT2D eigenvalue weighted by atomic mass is 35.5. The van der Waals surface area contributed by atoms with Crippen molar-refractivity contribution in [3.05, 3.63) is 29.3 Å². The largest absolute Gasteiger partial charge is 0.492 e. The quantitative estimate of drug-likeness (QED) is 0.833. The van der Waals surface area contributed by atoms with Gasteiger partial charge in [-0.2, -0.15) is 0 Å². The van der Waals surface area contributed by atoms with Gasteiger partial charge in [-0.3, -0.25) is 0 Å². The van der Waals surface area contributed by atoms with Gasteiger partial charge < -0.3 is 10.1 Å². The normalized spacial score (nSPS) is 24.4. The molecule has 1 aromatic rings. The average Bonchev–Trinajstić information content (AvgIpc) is 2.50. The molecule has 3 atom stereocenters. The van der Waals surface area contributed by atoms with Crippen molar-refractivity contribution in [1.82, 2.24) is 5.32 Å². The first-order chi connectivity index (χ1) is 9.72. The topological polar surface area (TPSA) is 21.3 Å². The second-order valence-corrected chi connectivity index (χ2v) is 6.30. The molecule has 0 aliphatic heterocycles. The van der Waals surface area contributed by atoms with E-state index < -0.39 is 0 Å². The maximum absolute atomic E-state index is 5.91. The number of likely N-dealkylation sites (N-methyl/N-ethyl adjacent to an activating group) is 1. The SMILES string of the molecule is CCC1CCCC(C(COc2ccc(Cl)cc2)NC)C1. The van der Waals surface area contributed by atoms with Crippen LogP contribution in [0.15, 0.2) is 24.3 Å².